The lowest BCUT2D eigenvalue weighted by atomic mass is 10.1. The molecule has 0 saturated carbocycles. The first kappa shape index (κ1) is 12.6. The maximum Gasteiger partial charge on any atom is 0.113 e. The first-order valence-electron chi connectivity index (χ1n) is 5.68. The molecule has 1 aromatic carbocycles. The highest BCUT2D eigenvalue weighted by Gasteiger charge is 2.09. The number of thiazole rings is 1. The molecule has 17 heavy (non-hydrogen) atoms. The van der Waals surface area contributed by atoms with Crippen molar-refractivity contribution in [1.29, 1.82) is 0 Å². The Morgan fingerprint density at radius 1 is 1.35 bits per heavy atom. The van der Waals surface area contributed by atoms with Gasteiger partial charge in [0.05, 0.1) is 6.20 Å². The second-order valence-corrected chi connectivity index (χ2v) is 5.56. The van der Waals surface area contributed by atoms with E-state index in [1.807, 2.05) is 6.07 Å². The van der Waals surface area contributed by atoms with E-state index in [1.165, 1.54) is 16.9 Å². The quantitative estimate of drug-likeness (QED) is 0.884. The summed E-state index contributed by atoms with van der Waals surface area (Å²) in [5.74, 6) is 0. The molecule has 0 radical (unpaired) electrons. The SMILES string of the molecule is CCC(NCc1ncc(Cl)s1)c1ccccc1. The van der Waals surface area contributed by atoms with Crippen LogP contribution in [0, 0.1) is 0 Å². The van der Waals surface area contributed by atoms with Crippen molar-refractivity contribution in [2.24, 2.45) is 0 Å². The first-order valence-corrected chi connectivity index (χ1v) is 6.87. The van der Waals surface area contributed by atoms with E-state index in [-0.39, 0.29) is 0 Å². The van der Waals surface area contributed by atoms with Crippen LogP contribution in [-0.2, 0) is 6.54 Å². The Kier molecular flexibility index (Phi) is 4.54. The molecule has 2 aromatic rings. The zero-order chi connectivity index (χ0) is 12.1. The van der Waals surface area contributed by atoms with Crippen molar-refractivity contribution < 1.29 is 0 Å². The number of benzene rings is 1. The largest absolute Gasteiger partial charge is 0.304 e. The molecule has 0 aliphatic heterocycles. The van der Waals surface area contributed by atoms with Gasteiger partial charge in [-0.3, -0.25) is 0 Å². The highest BCUT2D eigenvalue weighted by molar-refractivity contribution is 7.15. The molecule has 90 valence electrons. The molecule has 2 rings (SSSR count). The smallest absolute Gasteiger partial charge is 0.113 e. The van der Waals surface area contributed by atoms with Crippen LogP contribution in [0.4, 0.5) is 0 Å². The maximum absolute atomic E-state index is 5.85. The fourth-order valence-corrected chi connectivity index (χ4v) is 2.67. The zero-order valence-electron chi connectivity index (χ0n) is 9.69. The molecular weight excluding hydrogens is 252 g/mol. The van der Waals surface area contributed by atoms with Crippen LogP contribution in [-0.4, -0.2) is 4.98 Å². The topological polar surface area (TPSA) is 24.9 Å². The van der Waals surface area contributed by atoms with E-state index in [9.17, 15) is 0 Å². The fourth-order valence-electron chi connectivity index (χ4n) is 1.76. The molecule has 0 spiro atoms. The van der Waals surface area contributed by atoms with Crippen molar-refractivity contribution in [3.63, 3.8) is 0 Å². The summed E-state index contributed by atoms with van der Waals surface area (Å²) in [6, 6.07) is 10.8. The Bertz CT molecular complexity index is 455. The number of hydrogen-bond acceptors (Lipinski definition) is 3. The van der Waals surface area contributed by atoms with Crippen molar-refractivity contribution in [3.8, 4) is 0 Å². The lowest BCUT2D eigenvalue weighted by Gasteiger charge is -2.16. The second-order valence-electron chi connectivity index (χ2n) is 3.81. The van der Waals surface area contributed by atoms with Crippen LogP contribution in [0.5, 0.6) is 0 Å². The second kappa shape index (κ2) is 6.15. The lowest BCUT2D eigenvalue weighted by molar-refractivity contribution is 0.518. The normalized spacial score (nSPS) is 12.6. The lowest BCUT2D eigenvalue weighted by Crippen LogP contribution is -2.20. The Morgan fingerprint density at radius 3 is 2.71 bits per heavy atom. The molecule has 1 N–H and O–H groups in total. The van der Waals surface area contributed by atoms with Crippen LogP contribution in [0.3, 0.4) is 0 Å². The van der Waals surface area contributed by atoms with Gasteiger partial charge in [0.1, 0.15) is 9.34 Å². The first-order chi connectivity index (χ1) is 8.29. The van der Waals surface area contributed by atoms with Crippen LogP contribution in [0.15, 0.2) is 36.5 Å². The number of aromatic nitrogens is 1. The van der Waals surface area contributed by atoms with Crippen molar-refractivity contribution >= 4 is 22.9 Å². The average molecular weight is 267 g/mol. The summed E-state index contributed by atoms with van der Waals surface area (Å²) >= 11 is 7.38. The third-order valence-electron chi connectivity index (χ3n) is 2.64. The molecule has 0 saturated heterocycles. The van der Waals surface area contributed by atoms with Gasteiger partial charge >= 0.3 is 0 Å². The molecule has 1 heterocycles. The van der Waals surface area contributed by atoms with Gasteiger partial charge in [0, 0.05) is 12.6 Å². The maximum atomic E-state index is 5.85. The minimum absolute atomic E-state index is 0.374. The highest BCUT2D eigenvalue weighted by Crippen LogP contribution is 2.20. The van der Waals surface area contributed by atoms with Gasteiger partial charge in [0.15, 0.2) is 0 Å². The number of rotatable bonds is 5. The molecular formula is C13H15ClN2S. The molecule has 1 unspecified atom stereocenters. The standard InChI is InChI=1S/C13H15ClN2S/c1-2-11(10-6-4-3-5-7-10)15-9-13-16-8-12(14)17-13/h3-8,11,15H,2,9H2,1H3. The molecule has 0 bridgehead atoms. The third kappa shape index (κ3) is 3.53. The number of halogens is 1. The Morgan fingerprint density at radius 2 is 2.12 bits per heavy atom. The molecule has 0 aliphatic carbocycles. The van der Waals surface area contributed by atoms with E-state index in [2.05, 4.69) is 41.5 Å². The van der Waals surface area contributed by atoms with E-state index in [4.69, 9.17) is 11.6 Å². The van der Waals surface area contributed by atoms with E-state index in [0.29, 0.717) is 6.04 Å². The van der Waals surface area contributed by atoms with Gasteiger partial charge in [-0.25, -0.2) is 4.98 Å². The van der Waals surface area contributed by atoms with Crippen molar-refractivity contribution in [2.75, 3.05) is 0 Å². The summed E-state index contributed by atoms with van der Waals surface area (Å²) in [6.07, 6.45) is 2.76. The Labute approximate surface area is 111 Å². The van der Waals surface area contributed by atoms with Gasteiger partial charge in [-0.2, -0.15) is 0 Å². The highest BCUT2D eigenvalue weighted by atomic mass is 35.5. The van der Waals surface area contributed by atoms with Gasteiger partial charge in [-0.15, -0.1) is 11.3 Å². The van der Waals surface area contributed by atoms with Crippen LogP contribution in [0.25, 0.3) is 0 Å². The van der Waals surface area contributed by atoms with Crippen LogP contribution < -0.4 is 5.32 Å². The van der Waals surface area contributed by atoms with Gasteiger partial charge < -0.3 is 5.32 Å². The van der Waals surface area contributed by atoms with E-state index in [0.717, 1.165) is 22.3 Å². The summed E-state index contributed by atoms with van der Waals surface area (Å²) in [5, 5.41) is 4.54. The zero-order valence-corrected chi connectivity index (χ0v) is 11.3. The molecule has 1 aromatic heterocycles. The Balaban J connectivity index is 1.97. The van der Waals surface area contributed by atoms with Crippen molar-refractivity contribution in [2.45, 2.75) is 25.9 Å². The van der Waals surface area contributed by atoms with E-state index < -0.39 is 0 Å². The monoisotopic (exact) mass is 266 g/mol. The summed E-state index contributed by atoms with van der Waals surface area (Å²) < 4.78 is 0.745. The summed E-state index contributed by atoms with van der Waals surface area (Å²) in [6.45, 7) is 2.95. The van der Waals surface area contributed by atoms with E-state index in [1.54, 1.807) is 6.20 Å². The molecule has 2 nitrogen and oxygen atoms in total. The van der Waals surface area contributed by atoms with Gasteiger partial charge in [-0.05, 0) is 12.0 Å². The number of nitrogens with zero attached hydrogens (tertiary/aromatic N) is 1. The number of nitrogens with one attached hydrogen (secondary N) is 1. The molecule has 0 fully saturated rings. The predicted molar refractivity (Wildman–Crippen MR) is 73.4 cm³/mol. The minimum Gasteiger partial charge on any atom is -0.304 e. The summed E-state index contributed by atoms with van der Waals surface area (Å²) in [7, 11) is 0. The molecule has 4 heteroatoms. The van der Waals surface area contributed by atoms with Gasteiger partial charge in [0.25, 0.3) is 0 Å². The molecule has 0 amide bonds. The van der Waals surface area contributed by atoms with Crippen molar-refractivity contribution in [3.05, 3.63) is 51.4 Å². The van der Waals surface area contributed by atoms with Crippen LogP contribution >= 0.6 is 22.9 Å². The van der Waals surface area contributed by atoms with Crippen LogP contribution in [0.2, 0.25) is 4.34 Å². The van der Waals surface area contributed by atoms with Crippen LogP contribution in [0.1, 0.15) is 30.0 Å². The summed E-state index contributed by atoms with van der Waals surface area (Å²) in [5.41, 5.74) is 1.32. The predicted octanol–water partition coefficient (Wildman–Crippen LogP) is 4.04. The van der Waals surface area contributed by atoms with Crippen molar-refractivity contribution in [1.82, 2.24) is 10.3 Å². The molecule has 0 aliphatic rings. The molecule has 1 atom stereocenters. The van der Waals surface area contributed by atoms with Gasteiger partial charge in [-0.1, -0.05) is 48.9 Å². The average Bonchev–Trinajstić information content (AvgIpc) is 2.77. The third-order valence-corrected chi connectivity index (χ3v) is 3.75. The fraction of sp³-hybridized carbons (Fsp3) is 0.308. The minimum atomic E-state index is 0.374. The number of hydrogen-bond donors (Lipinski definition) is 1. The Hall–Kier alpha value is -0.900. The summed E-state index contributed by atoms with van der Waals surface area (Å²) in [4.78, 5) is 4.24. The van der Waals surface area contributed by atoms with E-state index >= 15 is 0 Å². The van der Waals surface area contributed by atoms with Gasteiger partial charge in [0.2, 0.25) is 0 Å².